The second kappa shape index (κ2) is 7.21. The Bertz CT molecular complexity index is 561. The predicted octanol–water partition coefficient (Wildman–Crippen LogP) is 1.63. The molecule has 1 aromatic carbocycles. The van der Waals surface area contributed by atoms with E-state index in [9.17, 15) is 13.2 Å². The molecule has 0 unspecified atom stereocenters. The molecule has 0 spiro atoms. The lowest BCUT2D eigenvalue weighted by Crippen LogP contribution is -2.30. The van der Waals surface area contributed by atoms with Crippen molar-refractivity contribution in [3.8, 4) is 0 Å². The van der Waals surface area contributed by atoms with E-state index in [1.807, 2.05) is 13.8 Å². The van der Waals surface area contributed by atoms with E-state index in [1.54, 1.807) is 4.90 Å². The zero-order valence-corrected chi connectivity index (χ0v) is 12.6. The van der Waals surface area contributed by atoms with Gasteiger partial charge in [0.15, 0.2) is 0 Å². The molecule has 0 heterocycles. The van der Waals surface area contributed by atoms with Crippen molar-refractivity contribution < 1.29 is 13.2 Å². The van der Waals surface area contributed by atoms with Gasteiger partial charge in [0.05, 0.1) is 4.90 Å². The normalized spacial score (nSPS) is 11.1. The molecule has 0 bridgehead atoms. The first kappa shape index (κ1) is 16.4. The first-order chi connectivity index (χ1) is 9.46. The first-order valence-corrected chi connectivity index (χ1v) is 7.94. The van der Waals surface area contributed by atoms with E-state index in [0.29, 0.717) is 18.7 Å². The highest BCUT2D eigenvalue weighted by Crippen LogP contribution is 2.12. The molecule has 0 aromatic heterocycles. The van der Waals surface area contributed by atoms with E-state index in [0.717, 1.165) is 0 Å². The highest BCUT2D eigenvalue weighted by atomic mass is 32.2. The summed E-state index contributed by atoms with van der Waals surface area (Å²) >= 11 is 0. The van der Waals surface area contributed by atoms with Crippen molar-refractivity contribution in [2.24, 2.45) is 0 Å². The van der Waals surface area contributed by atoms with Gasteiger partial charge in [0.1, 0.15) is 0 Å². The van der Waals surface area contributed by atoms with E-state index < -0.39 is 10.0 Å². The summed E-state index contributed by atoms with van der Waals surface area (Å²) in [5, 5.41) is 0. The molecule has 0 saturated heterocycles. The van der Waals surface area contributed by atoms with Crippen LogP contribution in [0.3, 0.4) is 0 Å². The summed E-state index contributed by atoms with van der Waals surface area (Å²) in [6.45, 7) is 8.67. The van der Waals surface area contributed by atoms with Gasteiger partial charge in [0.2, 0.25) is 10.0 Å². The number of hydrogen-bond donors (Lipinski definition) is 1. The number of benzene rings is 1. The molecule has 1 aromatic rings. The molecule has 20 heavy (non-hydrogen) atoms. The van der Waals surface area contributed by atoms with Crippen LogP contribution < -0.4 is 4.72 Å². The van der Waals surface area contributed by atoms with Crippen LogP contribution in [0.1, 0.15) is 24.2 Å². The van der Waals surface area contributed by atoms with Crippen LogP contribution in [-0.4, -0.2) is 38.9 Å². The lowest BCUT2D eigenvalue weighted by atomic mass is 10.2. The Kier molecular flexibility index (Phi) is 5.91. The van der Waals surface area contributed by atoms with Crippen LogP contribution in [0.4, 0.5) is 0 Å². The molecule has 0 aliphatic rings. The molecule has 0 aliphatic carbocycles. The molecule has 5 nitrogen and oxygen atoms in total. The Balaban J connectivity index is 2.94. The fourth-order valence-electron chi connectivity index (χ4n) is 1.72. The van der Waals surface area contributed by atoms with Crippen LogP contribution in [0.5, 0.6) is 0 Å². The third-order valence-electron chi connectivity index (χ3n) is 2.88. The van der Waals surface area contributed by atoms with E-state index in [4.69, 9.17) is 0 Å². The largest absolute Gasteiger partial charge is 0.339 e. The van der Waals surface area contributed by atoms with Crippen molar-refractivity contribution in [3.63, 3.8) is 0 Å². The molecule has 1 rings (SSSR count). The van der Waals surface area contributed by atoms with E-state index in [-0.39, 0.29) is 17.3 Å². The van der Waals surface area contributed by atoms with Crippen molar-refractivity contribution in [1.29, 1.82) is 0 Å². The lowest BCUT2D eigenvalue weighted by molar-refractivity contribution is 0.0773. The van der Waals surface area contributed by atoms with Crippen LogP contribution in [-0.2, 0) is 10.0 Å². The topological polar surface area (TPSA) is 66.5 Å². The minimum Gasteiger partial charge on any atom is -0.339 e. The number of carbonyl (C=O) groups is 1. The molecule has 0 aliphatic heterocycles. The molecular weight excluding hydrogens is 276 g/mol. The summed E-state index contributed by atoms with van der Waals surface area (Å²) in [5.41, 5.74) is 0.483. The Labute approximate surface area is 120 Å². The molecule has 1 N–H and O–H groups in total. The van der Waals surface area contributed by atoms with Crippen molar-refractivity contribution in [1.82, 2.24) is 9.62 Å². The molecule has 0 fully saturated rings. The summed E-state index contributed by atoms with van der Waals surface area (Å²) in [6.07, 6.45) is 1.47. The second-order valence-corrected chi connectivity index (χ2v) is 5.91. The number of nitrogens with one attached hydrogen (secondary N) is 1. The zero-order chi connectivity index (χ0) is 15.2. The molecule has 6 heteroatoms. The van der Waals surface area contributed by atoms with Gasteiger partial charge in [-0.2, -0.15) is 0 Å². The summed E-state index contributed by atoms with van der Waals surface area (Å²) in [7, 11) is -3.54. The van der Waals surface area contributed by atoms with E-state index in [1.165, 1.54) is 30.3 Å². The maximum Gasteiger partial charge on any atom is 0.253 e. The van der Waals surface area contributed by atoms with Gasteiger partial charge in [0, 0.05) is 25.2 Å². The molecule has 1 amide bonds. The van der Waals surface area contributed by atoms with Crippen LogP contribution in [0.25, 0.3) is 0 Å². The molecule has 110 valence electrons. The molecule has 0 atom stereocenters. The highest BCUT2D eigenvalue weighted by Gasteiger charge is 2.16. The number of hydrogen-bond acceptors (Lipinski definition) is 3. The van der Waals surface area contributed by atoms with Crippen LogP contribution in [0, 0.1) is 0 Å². The Morgan fingerprint density at radius 3 is 2.25 bits per heavy atom. The molecule has 0 radical (unpaired) electrons. The number of amides is 1. The Hall–Kier alpha value is -1.66. The van der Waals surface area contributed by atoms with E-state index >= 15 is 0 Å². The zero-order valence-electron chi connectivity index (χ0n) is 11.8. The summed E-state index contributed by atoms with van der Waals surface area (Å²) in [4.78, 5) is 13.9. The average molecular weight is 296 g/mol. The highest BCUT2D eigenvalue weighted by molar-refractivity contribution is 7.89. The summed E-state index contributed by atoms with van der Waals surface area (Å²) in [5.74, 6) is -0.0991. The Morgan fingerprint density at radius 2 is 1.80 bits per heavy atom. The first-order valence-electron chi connectivity index (χ1n) is 6.46. The van der Waals surface area contributed by atoms with Crippen molar-refractivity contribution >= 4 is 15.9 Å². The van der Waals surface area contributed by atoms with Gasteiger partial charge in [-0.05, 0) is 38.1 Å². The SMILES string of the molecule is C=CCNS(=O)(=O)c1ccc(C(=O)N(CC)CC)cc1. The number of rotatable bonds is 7. The summed E-state index contributed by atoms with van der Waals surface area (Å²) < 4.78 is 26.1. The minimum absolute atomic E-state index is 0.0991. The van der Waals surface area contributed by atoms with Gasteiger partial charge in [-0.25, -0.2) is 13.1 Å². The van der Waals surface area contributed by atoms with Crippen molar-refractivity contribution in [2.45, 2.75) is 18.7 Å². The van der Waals surface area contributed by atoms with Crippen LogP contribution in [0.2, 0.25) is 0 Å². The second-order valence-electron chi connectivity index (χ2n) is 4.14. The smallest absolute Gasteiger partial charge is 0.253 e. The standard InChI is InChI=1S/C14H20N2O3S/c1-4-11-15-20(18,19)13-9-7-12(8-10-13)14(17)16(5-2)6-3/h4,7-10,15H,1,5-6,11H2,2-3H3. The van der Waals surface area contributed by atoms with Gasteiger partial charge < -0.3 is 4.90 Å². The lowest BCUT2D eigenvalue weighted by Gasteiger charge is -2.18. The van der Waals surface area contributed by atoms with Crippen LogP contribution >= 0.6 is 0 Å². The molecule has 0 saturated carbocycles. The van der Waals surface area contributed by atoms with Crippen molar-refractivity contribution in [2.75, 3.05) is 19.6 Å². The van der Waals surface area contributed by atoms with Gasteiger partial charge in [-0.15, -0.1) is 6.58 Å². The average Bonchev–Trinajstić information content (AvgIpc) is 2.46. The third kappa shape index (κ3) is 3.91. The van der Waals surface area contributed by atoms with Crippen LogP contribution in [0.15, 0.2) is 41.8 Å². The number of carbonyl (C=O) groups excluding carboxylic acids is 1. The minimum atomic E-state index is -3.54. The van der Waals surface area contributed by atoms with Crippen molar-refractivity contribution in [3.05, 3.63) is 42.5 Å². The third-order valence-corrected chi connectivity index (χ3v) is 4.32. The number of sulfonamides is 1. The van der Waals surface area contributed by atoms with Gasteiger partial charge in [-0.1, -0.05) is 6.08 Å². The van der Waals surface area contributed by atoms with E-state index in [2.05, 4.69) is 11.3 Å². The maximum atomic E-state index is 12.1. The predicted molar refractivity (Wildman–Crippen MR) is 79.1 cm³/mol. The van der Waals surface area contributed by atoms with Gasteiger partial charge >= 0.3 is 0 Å². The van der Waals surface area contributed by atoms with Gasteiger partial charge in [-0.3, -0.25) is 4.79 Å². The number of nitrogens with zero attached hydrogens (tertiary/aromatic N) is 1. The van der Waals surface area contributed by atoms with Gasteiger partial charge in [0.25, 0.3) is 5.91 Å². The summed E-state index contributed by atoms with van der Waals surface area (Å²) in [6, 6.07) is 5.93. The quantitative estimate of drug-likeness (QED) is 0.778. The monoisotopic (exact) mass is 296 g/mol. The fourth-order valence-corrected chi connectivity index (χ4v) is 2.72. The maximum absolute atomic E-state index is 12.1. The molecular formula is C14H20N2O3S. The fraction of sp³-hybridized carbons (Fsp3) is 0.357. The Morgan fingerprint density at radius 1 is 1.25 bits per heavy atom.